The molecule has 0 heterocycles. The molecule has 0 bridgehead atoms. The molecule has 16 heteroatoms. The maximum absolute atomic E-state index is 12.8. The zero-order valence-corrected chi connectivity index (χ0v) is 27.7. The van der Waals surface area contributed by atoms with E-state index in [1.807, 2.05) is 13.8 Å². The quantitative estimate of drug-likeness (QED) is 0.0579. The monoisotopic (exact) mass is 673 g/mol. The van der Waals surface area contributed by atoms with E-state index in [0.717, 1.165) is 19.3 Å². The van der Waals surface area contributed by atoms with Gasteiger partial charge in [0.15, 0.2) is 5.78 Å². The van der Waals surface area contributed by atoms with Crippen molar-refractivity contribution in [2.45, 2.75) is 148 Å². The van der Waals surface area contributed by atoms with Crippen LogP contribution in [-0.2, 0) is 24.0 Å². The average molecular weight is 674 g/mol. The van der Waals surface area contributed by atoms with Crippen molar-refractivity contribution in [3.8, 4) is 0 Å². The number of carboxylic acid groups (broad SMARTS) is 2. The highest BCUT2D eigenvalue weighted by atomic mass is 19.4. The van der Waals surface area contributed by atoms with Gasteiger partial charge in [0.2, 0.25) is 0 Å². The number of carboxylic acids is 2. The van der Waals surface area contributed by atoms with Gasteiger partial charge >= 0.3 is 30.1 Å². The fourth-order valence-corrected chi connectivity index (χ4v) is 4.12. The van der Waals surface area contributed by atoms with E-state index in [-0.39, 0.29) is 31.0 Å². The van der Waals surface area contributed by atoms with E-state index in [1.54, 1.807) is 0 Å². The van der Waals surface area contributed by atoms with Crippen LogP contribution in [-0.4, -0.2) is 64.2 Å². The van der Waals surface area contributed by atoms with Crippen molar-refractivity contribution in [2.75, 3.05) is 6.54 Å². The van der Waals surface area contributed by atoms with E-state index in [9.17, 15) is 32.3 Å². The second-order valence-electron chi connectivity index (χ2n) is 11.5. The summed E-state index contributed by atoms with van der Waals surface area (Å²) in [4.78, 5) is 57.2. The largest absolute Gasteiger partial charge is 0.490 e. The summed E-state index contributed by atoms with van der Waals surface area (Å²) >= 11 is 0. The lowest BCUT2D eigenvalue weighted by atomic mass is 9.79. The van der Waals surface area contributed by atoms with Gasteiger partial charge in [-0.1, -0.05) is 97.8 Å². The smallest absolute Gasteiger partial charge is 0.481 e. The van der Waals surface area contributed by atoms with Crippen LogP contribution in [0.15, 0.2) is 0 Å². The SMILES string of the molecule is CCCCCCCCCCCCCCC(N)(CCC(=O)ON)C(=O)[C@@H](N)C(C)C.NC(=O)NCCCC(=O)O.O=C(O)C(F)(F)F. The summed E-state index contributed by atoms with van der Waals surface area (Å²) in [7, 11) is 0. The Kier molecular flexibility index (Phi) is 29.1. The van der Waals surface area contributed by atoms with Gasteiger partial charge in [0, 0.05) is 19.4 Å². The van der Waals surface area contributed by atoms with Crippen LogP contribution >= 0.6 is 0 Å². The zero-order chi connectivity index (χ0) is 36.2. The summed E-state index contributed by atoms with van der Waals surface area (Å²) in [5.74, 6) is 0.566. The fraction of sp³-hybridized carbons (Fsp3) is 0.833. The third kappa shape index (κ3) is 29.7. The molecule has 2 amide bonds. The number of urea groups is 1. The molecule has 0 saturated heterocycles. The molecule has 2 atom stereocenters. The number of nitrogens with one attached hydrogen (secondary N) is 1. The Balaban J connectivity index is -0.000000882. The van der Waals surface area contributed by atoms with Crippen molar-refractivity contribution in [1.29, 1.82) is 0 Å². The minimum atomic E-state index is -5.08. The van der Waals surface area contributed by atoms with Gasteiger partial charge in [0.25, 0.3) is 0 Å². The Morgan fingerprint density at radius 3 is 1.57 bits per heavy atom. The van der Waals surface area contributed by atoms with Gasteiger partial charge in [-0.2, -0.15) is 19.1 Å². The molecule has 0 aromatic carbocycles. The summed E-state index contributed by atoms with van der Waals surface area (Å²) in [6, 6.07) is -1.24. The first-order chi connectivity index (χ1) is 21.3. The maximum Gasteiger partial charge on any atom is 0.490 e. The minimum absolute atomic E-state index is 0.00820. The maximum atomic E-state index is 12.8. The number of alkyl halides is 3. The normalized spacial score (nSPS) is 12.8. The van der Waals surface area contributed by atoms with Crippen LogP contribution in [0.2, 0.25) is 0 Å². The number of primary amides is 1. The topological polar surface area (TPSA) is 251 Å². The molecule has 0 aliphatic rings. The first-order valence-corrected chi connectivity index (χ1v) is 15.9. The van der Waals surface area contributed by atoms with Gasteiger partial charge in [-0.3, -0.25) is 14.4 Å². The second-order valence-corrected chi connectivity index (χ2v) is 11.5. The molecular formula is C30H58F3N5O8. The summed E-state index contributed by atoms with van der Waals surface area (Å²) in [6.45, 7) is 6.38. The fourth-order valence-electron chi connectivity index (χ4n) is 4.12. The number of halogens is 3. The molecular weight excluding hydrogens is 615 g/mol. The lowest BCUT2D eigenvalue weighted by molar-refractivity contribution is -0.192. The molecule has 46 heavy (non-hydrogen) atoms. The van der Waals surface area contributed by atoms with Gasteiger partial charge in [0.05, 0.1) is 11.6 Å². The van der Waals surface area contributed by atoms with Crippen molar-refractivity contribution in [1.82, 2.24) is 5.32 Å². The molecule has 0 aliphatic heterocycles. The lowest BCUT2D eigenvalue weighted by Crippen LogP contribution is -2.56. The van der Waals surface area contributed by atoms with Crippen molar-refractivity contribution in [2.24, 2.45) is 29.0 Å². The molecule has 1 unspecified atom stereocenters. The summed E-state index contributed by atoms with van der Waals surface area (Å²) in [5, 5.41) is 17.5. The Labute approximate surface area is 270 Å². The first-order valence-electron chi connectivity index (χ1n) is 15.9. The highest BCUT2D eigenvalue weighted by Crippen LogP contribution is 2.24. The molecule has 11 N–H and O–H groups in total. The summed E-state index contributed by atoms with van der Waals surface area (Å²) < 4.78 is 31.7. The van der Waals surface area contributed by atoms with Crippen LogP contribution in [0, 0.1) is 5.92 Å². The number of Topliss-reactive ketones (excluding diaryl/α,β-unsaturated/α-hetero) is 1. The number of nitrogens with two attached hydrogens (primary N) is 4. The Morgan fingerprint density at radius 2 is 1.22 bits per heavy atom. The van der Waals surface area contributed by atoms with Crippen LogP contribution in [0.1, 0.15) is 130 Å². The van der Waals surface area contributed by atoms with Crippen molar-refractivity contribution in [3.05, 3.63) is 0 Å². The van der Waals surface area contributed by atoms with Crippen LogP contribution in [0.3, 0.4) is 0 Å². The van der Waals surface area contributed by atoms with Crippen LogP contribution in [0.5, 0.6) is 0 Å². The summed E-state index contributed by atoms with van der Waals surface area (Å²) in [6.07, 6.45) is 11.2. The van der Waals surface area contributed by atoms with Gasteiger partial charge in [-0.05, 0) is 25.2 Å². The molecule has 0 aromatic rings. The molecule has 13 nitrogen and oxygen atoms in total. The van der Waals surface area contributed by atoms with E-state index >= 15 is 0 Å². The third-order valence-corrected chi connectivity index (χ3v) is 7.00. The minimum Gasteiger partial charge on any atom is -0.481 e. The molecule has 0 aliphatic carbocycles. The lowest BCUT2D eigenvalue weighted by Gasteiger charge is -2.31. The number of rotatable bonds is 23. The average Bonchev–Trinajstić information content (AvgIpc) is 2.97. The Hall–Kier alpha value is -2.98. The molecule has 272 valence electrons. The highest BCUT2D eigenvalue weighted by molar-refractivity contribution is 5.93. The number of carbonyl (C=O) groups is 5. The second kappa shape index (κ2) is 28.3. The van der Waals surface area contributed by atoms with Crippen molar-refractivity contribution >= 4 is 29.7 Å². The molecule has 0 rings (SSSR count). The van der Waals surface area contributed by atoms with E-state index < -0.39 is 41.7 Å². The predicted molar refractivity (Wildman–Crippen MR) is 168 cm³/mol. The van der Waals surface area contributed by atoms with Crippen molar-refractivity contribution < 1.29 is 52.2 Å². The molecule has 0 spiro atoms. The molecule has 0 aromatic heterocycles. The summed E-state index contributed by atoms with van der Waals surface area (Å²) in [5.41, 5.74) is 16.1. The number of ketones is 1. The van der Waals surface area contributed by atoms with Crippen LogP contribution in [0.25, 0.3) is 0 Å². The third-order valence-electron chi connectivity index (χ3n) is 7.00. The van der Waals surface area contributed by atoms with Crippen LogP contribution < -0.4 is 28.4 Å². The first kappa shape index (κ1) is 47.4. The Morgan fingerprint density at radius 1 is 0.783 bits per heavy atom. The van der Waals surface area contributed by atoms with E-state index in [2.05, 4.69) is 17.1 Å². The molecule has 0 fully saturated rings. The van der Waals surface area contributed by atoms with Gasteiger partial charge < -0.3 is 37.6 Å². The highest BCUT2D eigenvalue weighted by Gasteiger charge is 2.39. The standard InChI is InChI=1S/C23H47N3O3.C5H10N2O3.C2HF3O2/c1-4-5-6-7-8-9-10-11-12-13-14-15-17-23(25,18-16-20(27)29-26)22(28)21(24)19(2)3;6-5(10)7-3-1-2-4(8)9;3-2(4,5)1(6)7/h19,21H,4-18,24-26H2,1-3H3;1-3H2,(H,8,9)(H3,6,7,10);(H,6,7)/t21-,23?;;/m0../s1. The van der Waals surface area contributed by atoms with E-state index in [4.69, 9.17) is 38.1 Å². The number of unbranched alkanes of at least 4 members (excludes halogenated alkanes) is 11. The number of hydrogen-bond acceptors (Lipinski definition) is 9. The van der Waals surface area contributed by atoms with Gasteiger partial charge in [-0.15, -0.1) is 0 Å². The Bertz CT molecular complexity index is 847. The van der Waals surface area contributed by atoms with Crippen LogP contribution in [0.4, 0.5) is 18.0 Å². The van der Waals surface area contributed by atoms with Crippen molar-refractivity contribution in [3.63, 3.8) is 0 Å². The number of carbonyl (C=O) groups excluding carboxylic acids is 3. The van der Waals surface area contributed by atoms with E-state index in [1.165, 1.54) is 57.8 Å². The molecule has 0 saturated carbocycles. The van der Waals surface area contributed by atoms with Gasteiger partial charge in [0.1, 0.15) is 0 Å². The number of hydrogen-bond donors (Lipinski definition) is 7. The molecule has 0 radical (unpaired) electrons. The zero-order valence-electron chi connectivity index (χ0n) is 27.7. The van der Waals surface area contributed by atoms with Gasteiger partial charge in [-0.25, -0.2) is 9.59 Å². The van der Waals surface area contributed by atoms with E-state index in [0.29, 0.717) is 19.4 Å². The number of amides is 2. The number of aliphatic carboxylic acids is 2. The predicted octanol–water partition coefficient (Wildman–Crippen LogP) is 4.68.